The number of nitrogens with zero attached hydrogens (tertiary/aromatic N) is 3. The first-order chi connectivity index (χ1) is 12.2. The topological polar surface area (TPSA) is 66.2 Å². The summed E-state index contributed by atoms with van der Waals surface area (Å²) in [6, 6.07) is 5.18. The molecule has 3 rings (SSSR count). The predicted octanol–water partition coefficient (Wildman–Crippen LogP) is 3.33. The van der Waals surface area contributed by atoms with Gasteiger partial charge in [-0.2, -0.15) is 0 Å². The van der Waals surface area contributed by atoms with Crippen LogP contribution in [0.5, 0.6) is 11.5 Å². The van der Waals surface area contributed by atoms with Crippen LogP contribution in [0.3, 0.4) is 0 Å². The van der Waals surface area contributed by atoms with Crippen molar-refractivity contribution < 1.29 is 14.3 Å². The molecule has 1 aliphatic rings. The summed E-state index contributed by atoms with van der Waals surface area (Å²) in [6.45, 7) is 4.46. The second-order valence-corrected chi connectivity index (χ2v) is 6.74. The number of aromatic nitrogens is 3. The monoisotopic (exact) mass is 359 g/mol. The summed E-state index contributed by atoms with van der Waals surface area (Å²) in [6.07, 6.45) is 4.14. The van der Waals surface area contributed by atoms with Crippen LogP contribution in [0, 0.1) is 0 Å². The second-order valence-electron chi connectivity index (χ2n) is 5.80. The van der Waals surface area contributed by atoms with Gasteiger partial charge >= 0.3 is 0 Å². The minimum Gasteiger partial charge on any atom is -0.493 e. The number of benzene rings is 1. The fourth-order valence-corrected chi connectivity index (χ4v) is 3.42. The molecule has 0 N–H and O–H groups in total. The van der Waals surface area contributed by atoms with Gasteiger partial charge in [0.15, 0.2) is 22.4 Å². The molecule has 7 heteroatoms. The molecule has 1 heterocycles. The summed E-state index contributed by atoms with van der Waals surface area (Å²) in [7, 11) is 3.12. The van der Waals surface area contributed by atoms with Gasteiger partial charge in [-0.3, -0.25) is 4.79 Å². The fourth-order valence-electron chi connectivity index (χ4n) is 2.57. The van der Waals surface area contributed by atoms with Crippen molar-refractivity contribution >= 4 is 17.5 Å². The van der Waals surface area contributed by atoms with Crippen LogP contribution >= 0.6 is 11.8 Å². The first-order valence-corrected chi connectivity index (χ1v) is 9.08. The molecule has 0 atom stereocenters. The fraction of sp³-hybridized carbons (Fsp3) is 0.389. The number of thioether (sulfide) groups is 1. The quantitative estimate of drug-likeness (QED) is 0.389. The van der Waals surface area contributed by atoms with Crippen molar-refractivity contribution in [2.24, 2.45) is 0 Å². The minimum absolute atomic E-state index is 0.00655. The molecular weight excluding hydrogens is 338 g/mol. The van der Waals surface area contributed by atoms with Crippen LogP contribution in [0.2, 0.25) is 0 Å². The molecule has 0 amide bonds. The maximum absolute atomic E-state index is 12.5. The molecule has 132 valence electrons. The Hall–Kier alpha value is -2.28. The molecule has 0 spiro atoms. The van der Waals surface area contributed by atoms with E-state index < -0.39 is 0 Å². The zero-order valence-corrected chi connectivity index (χ0v) is 15.2. The first kappa shape index (κ1) is 17.5. The summed E-state index contributed by atoms with van der Waals surface area (Å²) in [4.78, 5) is 12.5. The Morgan fingerprint density at radius 1 is 1.32 bits per heavy atom. The molecule has 1 aliphatic carbocycles. The van der Waals surface area contributed by atoms with Gasteiger partial charge in [0.1, 0.15) is 5.82 Å². The van der Waals surface area contributed by atoms with E-state index in [9.17, 15) is 4.79 Å². The lowest BCUT2D eigenvalue weighted by atomic mass is 10.1. The van der Waals surface area contributed by atoms with Crippen LogP contribution in [0.15, 0.2) is 36.0 Å². The van der Waals surface area contributed by atoms with Crippen molar-refractivity contribution in [3.63, 3.8) is 0 Å². The Morgan fingerprint density at radius 3 is 2.72 bits per heavy atom. The number of methoxy groups -OCH3 is 2. The van der Waals surface area contributed by atoms with Gasteiger partial charge < -0.3 is 14.0 Å². The zero-order valence-electron chi connectivity index (χ0n) is 14.4. The van der Waals surface area contributed by atoms with Gasteiger partial charge in [0, 0.05) is 18.0 Å². The molecule has 2 aromatic rings. The maximum Gasteiger partial charge on any atom is 0.191 e. The Kier molecular flexibility index (Phi) is 5.43. The van der Waals surface area contributed by atoms with Gasteiger partial charge in [-0.05, 0) is 31.0 Å². The maximum atomic E-state index is 12.5. The van der Waals surface area contributed by atoms with Gasteiger partial charge in [-0.15, -0.1) is 16.8 Å². The molecular formula is C18H21N3O3S. The van der Waals surface area contributed by atoms with Gasteiger partial charge in [-0.1, -0.05) is 17.8 Å². The van der Waals surface area contributed by atoms with Gasteiger partial charge in [-0.25, -0.2) is 0 Å². The van der Waals surface area contributed by atoms with E-state index in [1.807, 2.05) is 6.08 Å². The van der Waals surface area contributed by atoms with E-state index in [0.717, 1.165) is 23.8 Å². The van der Waals surface area contributed by atoms with Crippen LogP contribution < -0.4 is 9.47 Å². The average molecular weight is 359 g/mol. The third-order valence-corrected chi connectivity index (χ3v) is 5.00. The van der Waals surface area contributed by atoms with E-state index in [2.05, 4.69) is 21.3 Å². The SMILES string of the molecule is C=CCn1c(SCC(=O)c2ccc(OC)c(OC)c2)nnc1C1CC1. The molecule has 1 aromatic heterocycles. The molecule has 0 radical (unpaired) electrons. The van der Waals surface area contributed by atoms with Gasteiger partial charge in [0.2, 0.25) is 0 Å². The van der Waals surface area contributed by atoms with E-state index in [1.165, 1.54) is 11.8 Å². The Morgan fingerprint density at radius 2 is 2.08 bits per heavy atom. The Balaban J connectivity index is 1.71. The summed E-state index contributed by atoms with van der Waals surface area (Å²) in [5.41, 5.74) is 0.586. The van der Waals surface area contributed by atoms with E-state index in [4.69, 9.17) is 9.47 Å². The van der Waals surface area contributed by atoms with Gasteiger partial charge in [0.05, 0.1) is 20.0 Å². The third kappa shape index (κ3) is 3.87. The van der Waals surface area contributed by atoms with Crippen molar-refractivity contribution in [3.8, 4) is 11.5 Å². The van der Waals surface area contributed by atoms with E-state index in [1.54, 1.807) is 32.4 Å². The average Bonchev–Trinajstić information content (AvgIpc) is 3.41. The highest BCUT2D eigenvalue weighted by Gasteiger charge is 2.30. The largest absolute Gasteiger partial charge is 0.493 e. The van der Waals surface area contributed by atoms with Crippen LogP contribution in [-0.2, 0) is 6.54 Å². The Labute approximate surface area is 151 Å². The highest BCUT2D eigenvalue weighted by Crippen LogP contribution is 2.40. The number of ether oxygens (including phenoxy) is 2. The normalized spacial score (nSPS) is 13.5. The molecule has 1 aromatic carbocycles. The van der Waals surface area contributed by atoms with Crippen LogP contribution in [0.1, 0.15) is 34.9 Å². The van der Waals surface area contributed by atoms with Crippen molar-refractivity contribution in [2.45, 2.75) is 30.5 Å². The number of hydrogen-bond acceptors (Lipinski definition) is 6. The molecule has 6 nitrogen and oxygen atoms in total. The predicted molar refractivity (Wildman–Crippen MR) is 96.8 cm³/mol. The second kappa shape index (κ2) is 7.74. The number of Topliss-reactive ketones (excluding diaryl/α,β-unsaturated/α-hetero) is 1. The number of ketones is 1. The van der Waals surface area contributed by atoms with Gasteiger partial charge in [0.25, 0.3) is 0 Å². The highest BCUT2D eigenvalue weighted by atomic mass is 32.2. The lowest BCUT2D eigenvalue weighted by Gasteiger charge is -2.09. The lowest BCUT2D eigenvalue weighted by Crippen LogP contribution is -2.06. The summed E-state index contributed by atoms with van der Waals surface area (Å²) in [5.74, 6) is 2.95. The first-order valence-electron chi connectivity index (χ1n) is 8.10. The molecule has 0 unspecified atom stereocenters. The molecule has 1 fully saturated rings. The van der Waals surface area contributed by atoms with Crippen LogP contribution in [0.25, 0.3) is 0 Å². The summed E-state index contributed by atoms with van der Waals surface area (Å²) >= 11 is 1.40. The van der Waals surface area contributed by atoms with E-state index in [-0.39, 0.29) is 11.5 Å². The van der Waals surface area contributed by atoms with Crippen molar-refractivity contribution in [1.82, 2.24) is 14.8 Å². The van der Waals surface area contributed by atoms with Crippen molar-refractivity contribution in [1.29, 1.82) is 0 Å². The highest BCUT2D eigenvalue weighted by molar-refractivity contribution is 7.99. The molecule has 0 aliphatic heterocycles. The lowest BCUT2D eigenvalue weighted by molar-refractivity contribution is 0.102. The molecule has 1 saturated carbocycles. The zero-order chi connectivity index (χ0) is 17.8. The number of rotatable bonds is 9. The number of carbonyl (C=O) groups excluding carboxylic acids is 1. The standard InChI is InChI=1S/C18H21N3O3S/c1-4-9-21-17(12-5-6-12)19-20-18(21)25-11-14(22)13-7-8-15(23-2)16(10-13)24-3/h4,7-8,10,12H,1,5-6,9,11H2,2-3H3. The molecule has 25 heavy (non-hydrogen) atoms. The number of carbonyl (C=O) groups is 1. The van der Waals surface area contributed by atoms with E-state index in [0.29, 0.717) is 29.5 Å². The number of allylic oxidation sites excluding steroid dienone is 1. The van der Waals surface area contributed by atoms with Crippen molar-refractivity contribution in [2.75, 3.05) is 20.0 Å². The third-order valence-electron chi connectivity index (χ3n) is 4.04. The smallest absolute Gasteiger partial charge is 0.191 e. The summed E-state index contributed by atoms with van der Waals surface area (Å²) < 4.78 is 12.5. The van der Waals surface area contributed by atoms with Crippen LogP contribution in [-0.4, -0.2) is 40.5 Å². The van der Waals surface area contributed by atoms with Crippen LogP contribution in [0.4, 0.5) is 0 Å². The van der Waals surface area contributed by atoms with Crippen molar-refractivity contribution in [3.05, 3.63) is 42.2 Å². The molecule has 0 bridgehead atoms. The molecule has 0 saturated heterocycles. The number of hydrogen-bond donors (Lipinski definition) is 0. The minimum atomic E-state index is 0.00655. The summed E-state index contributed by atoms with van der Waals surface area (Å²) in [5, 5.41) is 9.31. The van der Waals surface area contributed by atoms with E-state index >= 15 is 0 Å². The Bertz CT molecular complexity index is 784.